The molecule has 0 saturated carbocycles. The van der Waals surface area contributed by atoms with E-state index >= 15 is 0 Å². The third-order valence-corrected chi connectivity index (χ3v) is 2.21. The van der Waals surface area contributed by atoms with Gasteiger partial charge in [-0.3, -0.25) is 0 Å². The summed E-state index contributed by atoms with van der Waals surface area (Å²) in [4.78, 5) is 0. The van der Waals surface area contributed by atoms with Crippen LogP contribution < -0.4 is 0 Å². The van der Waals surface area contributed by atoms with E-state index in [2.05, 4.69) is 0 Å². The Kier molecular flexibility index (Phi) is 4.32. The summed E-state index contributed by atoms with van der Waals surface area (Å²) in [5, 5.41) is 9.73. The maximum atomic E-state index is 13.2. The van der Waals surface area contributed by atoms with E-state index in [0.29, 0.717) is 10.6 Å². The number of aliphatic hydroxyl groups is 1. The van der Waals surface area contributed by atoms with Crippen LogP contribution in [0.2, 0.25) is 5.02 Å². The molecule has 1 rings (SSSR count). The number of benzene rings is 1. The summed E-state index contributed by atoms with van der Waals surface area (Å²) in [5.41, 5.74) is 0.332. The SMILES string of the molecule is COCC(O)Cc1c(F)cccc1Cl. The van der Waals surface area contributed by atoms with Gasteiger partial charge in [-0.25, -0.2) is 4.39 Å². The van der Waals surface area contributed by atoms with Gasteiger partial charge in [-0.05, 0) is 12.1 Å². The van der Waals surface area contributed by atoms with Gasteiger partial charge in [0.2, 0.25) is 0 Å². The van der Waals surface area contributed by atoms with Crippen LogP contribution >= 0.6 is 11.6 Å². The van der Waals surface area contributed by atoms with E-state index in [1.165, 1.54) is 19.2 Å². The Morgan fingerprint density at radius 3 is 2.86 bits per heavy atom. The molecule has 1 atom stereocenters. The maximum absolute atomic E-state index is 13.2. The average molecular weight is 219 g/mol. The Labute approximate surface area is 87.3 Å². The molecule has 0 aliphatic carbocycles. The highest BCUT2D eigenvalue weighted by molar-refractivity contribution is 6.31. The van der Waals surface area contributed by atoms with E-state index in [4.69, 9.17) is 16.3 Å². The molecule has 1 N–H and O–H groups in total. The molecule has 4 heteroatoms. The first kappa shape index (κ1) is 11.4. The fourth-order valence-corrected chi connectivity index (χ4v) is 1.45. The molecule has 0 fully saturated rings. The summed E-state index contributed by atoms with van der Waals surface area (Å²) < 4.78 is 18.0. The average Bonchev–Trinajstić information content (AvgIpc) is 2.12. The fraction of sp³-hybridized carbons (Fsp3) is 0.400. The van der Waals surface area contributed by atoms with Gasteiger partial charge >= 0.3 is 0 Å². The van der Waals surface area contributed by atoms with Gasteiger partial charge in [0.25, 0.3) is 0 Å². The molecule has 0 heterocycles. The normalized spacial score (nSPS) is 12.9. The molecule has 0 aliphatic heterocycles. The smallest absolute Gasteiger partial charge is 0.127 e. The van der Waals surface area contributed by atoms with Crippen molar-refractivity contribution >= 4 is 11.6 Å². The van der Waals surface area contributed by atoms with Gasteiger partial charge in [0, 0.05) is 24.1 Å². The van der Waals surface area contributed by atoms with Gasteiger partial charge in [-0.2, -0.15) is 0 Å². The zero-order chi connectivity index (χ0) is 10.6. The largest absolute Gasteiger partial charge is 0.390 e. The predicted octanol–water partition coefficient (Wildman–Crippen LogP) is 2.03. The molecular weight excluding hydrogens is 207 g/mol. The van der Waals surface area contributed by atoms with Gasteiger partial charge in [-0.1, -0.05) is 17.7 Å². The lowest BCUT2D eigenvalue weighted by atomic mass is 10.1. The van der Waals surface area contributed by atoms with Crippen molar-refractivity contribution in [1.29, 1.82) is 0 Å². The van der Waals surface area contributed by atoms with Crippen LogP contribution in [0.1, 0.15) is 5.56 Å². The summed E-state index contributed by atoms with van der Waals surface area (Å²) in [5.74, 6) is -0.396. The first-order chi connectivity index (χ1) is 6.65. The minimum Gasteiger partial charge on any atom is -0.390 e. The minimum absolute atomic E-state index is 0.166. The molecule has 0 aromatic heterocycles. The van der Waals surface area contributed by atoms with Crippen LogP contribution in [-0.2, 0) is 11.2 Å². The van der Waals surface area contributed by atoms with Gasteiger partial charge in [0.05, 0.1) is 12.7 Å². The van der Waals surface area contributed by atoms with Crippen LogP contribution in [-0.4, -0.2) is 24.9 Å². The summed E-state index contributed by atoms with van der Waals surface area (Å²) >= 11 is 5.78. The van der Waals surface area contributed by atoms with Crippen LogP contribution in [0.3, 0.4) is 0 Å². The van der Waals surface area contributed by atoms with Crippen molar-refractivity contribution in [2.24, 2.45) is 0 Å². The van der Waals surface area contributed by atoms with Crippen LogP contribution in [0.4, 0.5) is 4.39 Å². The second kappa shape index (κ2) is 5.29. The third-order valence-electron chi connectivity index (χ3n) is 1.86. The number of hydrogen-bond acceptors (Lipinski definition) is 2. The van der Waals surface area contributed by atoms with E-state index in [1.807, 2.05) is 0 Å². The van der Waals surface area contributed by atoms with Crippen LogP contribution in [0.5, 0.6) is 0 Å². The topological polar surface area (TPSA) is 29.5 Å². The van der Waals surface area contributed by atoms with Crippen molar-refractivity contribution in [3.63, 3.8) is 0 Å². The van der Waals surface area contributed by atoms with Crippen molar-refractivity contribution in [3.05, 3.63) is 34.6 Å². The lowest BCUT2D eigenvalue weighted by molar-refractivity contribution is 0.0645. The Bertz CT molecular complexity index is 284. The maximum Gasteiger partial charge on any atom is 0.127 e. The molecule has 0 saturated heterocycles. The lowest BCUT2D eigenvalue weighted by Crippen LogP contribution is -2.17. The Hall–Kier alpha value is -0.640. The number of methoxy groups -OCH3 is 1. The molecular formula is C10H12ClFO2. The van der Waals surface area contributed by atoms with Crippen LogP contribution in [0.25, 0.3) is 0 Å². The first-order valence-corrected chi connectivity index (χ1v) is 4.63. The van der Waals surface area contributed by atoms with E-state index in [0.717, 1.165) is 0 Å². The minimum atomic E-state index is -0.727. The quantitative estimate of drug-likeness (QED) is 0.838. The third kappa shape index (κ3) is 2.94. The zero-order valence-corrected chi connectivity index (χ0v) is 8.59. The highest BCUT2D eigenvalue weighted by atomic mass is 35.5. The Balaban J connectivity index is 2.75. The summed E-state index contributed by atoms with van der Waals surface area (Å²) in [6.45, 7) is 0.171. The number of rotatable bonds is 4. The highest BCUT2D eigenvalue weighted by Gasteiger charge is 2.12. The Morgan fingerprint density at radius 2 is 2.29 bits per heavy atom. The molecule has 1 unspecified atom stereocenters. The molecule has 0 spiro atoms. The monoisotopic (exact) mass is 218 g/mol. The molecule has 2 nitrogen and oxygen atoms in total. The lowest BCUT2D eigenvalue weighted by Gasteiger charge is -2.11. The van der Waals surface area contributed by atoms with Crippen molar-refractivity contribution in [2.75, 3.05) is 13.7 Å². The van der Waals surface area contributed by atoms with Gasteiger partial charge in [0.15, 0.2) is 0 Å². The first-order valence-electron chi connectivity index (χ1n) is 4.25. The fourth-order valence-electron chi connectivity index (χ4n) is 1.21. The molecule has 78 valence electrons. The number of halogens is 2. The van der Waals surface area contributed by atoms with Crippen molar-refractivity contribution < 1.29 is 14.2 Å². The van der Waals surface area contributed by atoms with Crippen molar-refractivity contribution in [2.45, 2.75) is 12.5 Å². The summed E-state index contributed by atoms with van der Waals surface area (Å²) in [6, 6.07) is 4.45. The standard InChI is InChI=1S/C10H12ClFO2/c1-14-6-7(13)5-8-9(11)3-2-4-10(8)12/h2-4,7,13H,5-6H2,1H3. The number of hydrogen-bond donors (Lipinski definition) is 1. The second-order valence-corrected chi connectivity index (χ2v) is 3.42. The molecule has 0 radical (unpaired) electrons. The molecule has 1 aromatic rings. The van der Waals surface area contributed by atoms with Gasteiger partial charge in [-0.15, -0.1) is 0 Å². The van der Waals surface area contributed by atoms with E-state index in [1.54, 1.807) is 6.07 Å². The van der Waals surface area contributed by atoms with Crippen LogP contribution in [0, 0.1) is 5.82 Å². The van der Waals surface area contributed by atoms with Gasteiger partial charge < -0.3 is 9.84 Å². The van der Waals surface area contributed by atoms with Crippen molar-refractivity contribution in [3.8, 4) is 0 Å². The number of ether oxygens (including phenoxy) is 1. The summed E-state index contributed by atoms with van der Waals surface area (Å²) in [7, 11) is 1.48. The van der Waals surface area contributed by atoms with Gasteiger partial charge in [0.1, 0.15) is 5.82 Å². The molecule has 0 aliphatic rings. The predicted molar refractivity (Wildman–Crippen MR) is 53.0 cm³/mol. The molecule has 0 amide bonds. The van der Waals surface area contributed by atoms with Crippen LogP contribution in [0.15, 0.2) is 18.2 Å². The molecule has 1 aromatic carbocycles. The highest BCUT2D eigenvalue weighted by Crippen LogP contribution is 2.20. The van der Waals surface area contributed by atoms with E-state index < -0.39 is 11.9 Å². The molecule has 0 bridgehead atoms. The van der Waals surface area contributed by atoms with E-state index in [-0.39, 0.29) is 13.0 Å². The van der Waals surface area contributed by atoms with E-state index in [9.17, 15) is 9.50 Å². The number of aliphatic hydroxyl groups excluding tert-OH is 1. The summed E-state index contributed by atoms with van der Waals surface area (Å²) in [6.07, 6.45) is -0.561. The van der Waals surface area contributed by atoms with Crippen molar-refractivity contribution in [1.82, 2.24) is 0 Å². The molecule has 14 heavy (non-hydrogen) atoms. The zero-order valence-electron chi connectivity index (χ0n) is 7.84. The Morgan fingerprint density at radius 1 is 1.57 bits per heavy atom. The second-order valence-electron chi connectivity index (χ2n) is 3.01.